The van der Waals surface area contributed by atoms with Gasteiger partial charge in [-0.1, -0.05) is 29.3 Å². The maximum Gasteiger partial charge on any atom is 0.267 e. The fourth-order valence-corrected chi connectivity index (χ4v) is 1.55. The number of hydrogen-bond donors (Lipinski definition) is 2. The molecule has 2 N–H and O–H groups in total. The molecular weight excluding hydrogens is 291 g/mol. The molecule has 7 heteroatoms. The molecule has 19 heavy (non-hydrogen) atoms. The highest BCUT2D eigenvalue weighted by atomic mass is 35.5. The van der Waals surface area contributed by atoms with Gasteiger partial charge in [-0.2, -0.15) is 0 Å². The van der Waals surface area contributed by atoms with E-state index in [9.17, 15) is 9.59 Å². The molecule has 0 unspecified atom stereocenters. The molecule has 0 saturated carbocycles. The van der Waals surface area contributed by atoms with Gasteiger partial charge in [0.15, 0.2) is 6.61 Å². The van der Waals surface area contributed by atoms with Crippen LogP contribution < -0.4 is 10.8 Å². The van der Waals surface area contributed by atoms with Crippen molar-refractivity contribution in [1.29, 1.82) is 0 Å². The Hall–Kier alpha value is -1.56. The summed E-state index contributed by atoms with van der Waals surface area (Å²) in [5.41, 5.74) is 2.74. The lowest BCUT2D eigenvalue weighted by molar-refractivity contribution is -0.135. The van der Waals surface area contributed by atoms with Crippen LogP contribution in [0, 0.1) is 0 Å². The molecule has 0 aromatic heterocycles. The van der Waals surface area contributed by atoms with Crippen LogP contribution in [-0.2, 0) is 14.4 Å². The molecule has 2 amide bonds. The van der Waals surface area contributed by atoms with Crippen LogP contribution in [0.3, 0.4) is 0 Å². The Labute approximate surface area is 120 Å². The van der Waals surface area contributed by atoms with Gasteiger partial charge in [0, 0.05) is 23.2 Å². The second-order valence-electron chi connectivity index (χ2n) is 3.43. The summed E-state index contributed by atoms with van der Waals surface area (Å²) in [6.45, 7) is -0.252. The minimum absolute atomic E-state index is 0.252. The first kappa shape index (κ1) is 15.5. The van der Waals surface area contributed by atoms with Crippen molar-refractivity contribution in [2.24, 2.45) is 0 Å². The Kier molecular flexibility index (Phi) is 6.35. The van der Waals surface area contributed by atoms with E-state index in [1.165, 1.54) is 19.2 Å². The number of likely N-dealkylation sites (N-methyl/N-ethyl adjacent to an activating group) is 1. The van der Waals surface area contributed by atoms with Gasteiger partial charge in [0.1, 0.15) is 0 Å². The maximum atomic E-state index is 11.3. The smallest absolute Gasteiger partial charge is 0.267 e. The molecule has 0 bridgehead atoms. The number of carbonyl (C=O) groups excluding carboxylic acids is 2. The number of rotatable bonds is 5. The van der Waals surface area contributed by atoms with Crippen molar-refractivity contribution in [3.05, 3.63) is 39.9 Å². The second-order valence-corrected chi connectivity index (χ2v) is 4.27. The highest BCUT2D eigenvalue weighted by Crippen LogP contribution is 2.21. The van der Waals surface area contributed by atoms with Crippen LogP contribution >= 0.6 is 23.2 Å². The normalized spacial score (nSPS) is 10.5. The van der Waals surface area contributed by atoms with Gasteiger partial charge < -0.3 is 5.32 Å². The van der Waals surface area contributed by atoms with E-state index < -0.39 is 5.91 Å². The highest BCUT2D eigenvalue weighted by Gasteiger charge is 2.01. The molecule has 1 aromatic rings. The van der Waals surface area contributed by atoms with Gasteiger partial charge in [-0.05, 0) is 23.8 Å². The second kappa shape index (κ2) is 7.78. The summed E-state index contributed by atoms with van der Waals surface area (Å²) >= 11 is 11.7. The van der Waals surface area contributed by atoms with Crippen molar-refractivity contribution >= 4 is 41.1 Å². The summed E-state index contributed by atoms with van der Waals surface area (Å²) < 4.78 is 0. The lowest BCUT2D eigenvalue weighted by atomic mass is 10.2. The van der Waals surface area contributed by atoms with E-state index in [1.807, 2.05) is 0 Å². The summed E-state index contributed by atoms with van der Waals surface area (Å²) in [6.07, 6.45) is 2.75. The molecule has 0 aliphatic heterocycles. The first-order valence-corrected chi connectivity index (χ1v) is 6.04. The van der Waals surface area contributed by atoms with E-state index >= 15 is 0 Å². The number of hydroxylamine groups is 1. The fraction of sp³-hybridized carbons (Fsp3) is 0.167. The van der Waals surface area contributed by atoms with Crippen molar-refractivity contribution < 1.29 is 14.4 Å². The zero-order chi connectivity index (χ0) is 14.3. The average Bonchev–Trinajstić information content (AvgIpc) is 2.37. The minimum Gasteiger partial charge on any atom is -0.357 e. The van der Waals surface area contributed by atoms with E-state index in [2.05, 4.69) is 15.6 Å². The van der Waals surface area contributed by atoms with Crippen molar-refractivity contribution in [3.8, 4) is 0 Å². The predicted octanol–water partition coefficient (Wildman–Crippen LogP) is 1.80. The Balaban J connectivity index is 2.47. The maximum absolute atomic E-state index is 11.3. The first-order chi connectivity index (χ1) is 9.02. The van der Waals surface area contributed by atoms with Crippen LogP contribution in [0.15, 0.2) is 24.3 Å². The molecule has 1 rings (SSSR count). The van der Waals surface area contributed by atoms with Crippen molar-refractivity contribution in [1.82, 2.24) is 10.8 Å². The standard InChI is InChI=1S/C12H12Cl2N2O3/c1-15-12(18)7-19-16-11(17)5-3-8-2-4-9(13)6-10(8)14/h2-6H,7H2,1H3,(H,15,18)(H,16,17)/b5-3+. The van der Waals surface area contributed by atoms with Gasteiger partial charge in [0.25, 0.3) is 5.91 Å². The summed E-state index contributed by atoms with van der Waals surface area (Å²) in [7, 11) is 1.47. The number of halogens is 2. The van der Waals surface area contributed by atoms with Gasteiger partial charge >= 0.3 is 0 Å². The lowest BCUT2D eigenvalue weighted by Gasteiger charge is -2.02. The third kappa shape index (κ3) is 5.74. The molecule has 0 spiro atoms. The zero-order valence-electron chi connectivity index (χ0n) is 10.1. The molecule has 0 atom stereocenters. The van der Waals surface area contributed by atoms with Gasteiger partial charge in [-0.15, -0.1) is 0 Å². The van der Waals surface area contributed by atoms with E-state index in [1.54, 1.807) is 18.2 Å². The van der Waals surface area contributed by atoms with E-state index in [0.29, 0.717) is 15.6 Å². The molecular formula is C12H12Cl2N2O3. The third-order valence-corrected chi connectivity index (χ3v) is 2.59. The number of benzene rings is 1. The van der Waals surface area contributed by atoms with E-state index in [4.69, 9.17) is 23.2 Å². The molecule has 0 aliphatic rings. The van der Waals surface area contributed by atoms with Gasteiger partial charge in [0.2, 0.25) is 5.91 Å². The molecule has 102 valence electrons. The molecule has 0 saturated heterocycles. The van der Waals surface area contributed by atoms with Crippen molar-refractivity contribution in [3.63, 3.8) is 0 Å². The largest absolute Gasteiger partial charge is 0.357 e. The average molecular weight is 303 g/mol. The number of amides is 2. The Bertz CT molecular complexity index is 504. The van der Waals surface area contributed by atoms with Crippen LogP contribution in [0.5, 0.6) is 0 Å². The zero-order valence-corrected chi connectivity index (χ0v) is 11.6. The van der Waals surface area contributed by atoms with Gasteiger partial charge in [-0.3, -0.25) is 14.4 Å². The molecule has 5 nitrogen and oxygen atoms in total. The first-order valence-electron chi connectivity index (χ1n) is 5.28. The predicted molar refractivity (Wildman–Crippen MR) is 73.7 cm³/mol. The topological polar surface area (TPSA) is 67.4 Å². The van der Waals surface area contributed by atoms with Crippen LogP contribution in [0.25, 0.3) is 6.08 Å². The Morgan fingerprint density at radius 1 is 1.37 bits per heavy atom. The van der Waals surface area contributed by atoms with Crippen LogP contribution in [-0.4, -0.2) is 25.5 Å². The van der Waals surface area contributed by atoms with Gasteiger partial charge in [0.05, 0.1) is 0 Å². The fourth-order valence-electron chi connectivity index (χ4n) is 1.08. The molecule has 0 fully saturated rings. The third-order valence-electron chi connectivity index (χ3n) is 2.03. The molecule has 0 heterocycles. The van der Waals surface area contributed by atoms with Crippen LogP contribution in [0.4, 0.5) is 0 Å². The quantitative estimate of drug-likeness (QED) is 0.644. The molecule has 0 radical (unpaired) electrons. The highest BCUT2D eigenvalue weighted by molar-refractivity contribution is 6.35. The molecule has 0 aliphatic carbocycles. The number of hydrogen-bond acceptors (Lipinski definition) is 3. The van der Waals surface area contributed by atoms with E-state index in [0.717, 1.165) is 0 Å². The van der Waals surface area contributed by atoms with Gasteiger partial charge in [-0.25, -0.2) is 5.48 Å². The summed E-state index contributed by atoms with van der Waals surface area (Å²) in [4.78, 5) is 26.8. The number of nitrogens with one attached hydrogen (secondary N) is 2. The van der Waals surface area contributed by atoms with Crippen LogP contribution in [0.2, 0.25) is 10.0 Å². The van der Waals surface area contributed by atoms with Crippen molar-refractivity contribution in [2.75, 3.05) is 13.7 Å². The Morgan fingerprint density at radius 2 is 2.11 bits per heavy atom. The minimum atomic E-state index is -0.505. The summed E-state index contributed by atoms with van der Waals surface area (Å²) in [5, 5.41) is 3.29. The monoisotopic (exact) mass is 302 g/mol. The molecule has 1 aromatic carbocycles. The van der Waals surface area contributed by atoms with E-state index in [-0.39, 0.29) is 12.5 Å². The summed E-state index contributed by atoms with van der Waals surface area (Å²) in [6, 6.07) is 4.91. The Morgan fingerprint density at radius 3 is 2.74 bits per heavy atom. The van der Waals surface area contributed by atoms with Crippen molar-refractivity contribution in [2.45, 2.75) is 0 Å². The SMILES string of the molecule is CNC(=O)CONC(=O)/C=C/c1ccc(Cl)cc1Cl. The summed E-state index contributed by atoms with van der Waals surface area (Å²) in [5.74, 6) is -0.847. The van der Waals surface area contributed by atoms with Crippen LogP contribution in [0.1, 0.15) is 5.56 Å². The lowest BCUT2D eigenvalue weighted by Crippen LogP contribution is -2.30. The number of carbonyl (C=O) groups is 2.